The van der Waals surface area contributed by atoms with Gasteiger partial charge in [-0.2, -0.15) is 0 Å². The highest BCUT2D eigenvalue weighted by molar-refractivity contribution is 7.85. The third-order valence-corrected chi connectivity index (χ3v) is 4.93. The summed E-state index contributed by atoms with van der Waals surface area (Å²) in [7, 11) is -0.724. The third-order valence-electron chi connectivity index (χ3n) is 3.11. The lowest BCUT2D eigenvalue weighted by Gasteiger charge is -2.21. The normalized spacial score (nSPS) is 19.1. The van der Waals surface area contributed by atoms with E-state index < -0.39 is 10.8 Å². The van der Waals surface area contributed by atoms with Crippen LogP contribution in [0.1, 0.15) is 18.4 Å². The van der Waals surface area contributed by atoms with E-state index in [1.54, 1.807) is 0 Å². The molecule has 0 radical (unpaired) electrons. The molecule has 0 aromatic heterocycles. The topological polar surface area (TPSA) is 52.3 Å². The minimum atomic E-state index is -0.724. The number of nitrogens with two attached hydrogens (primary N) is 1. The molecule has 0 spiro atoms. The molecule has 0 bridgehead atoms. The first kappa shape index (κ1) is 12.6. The maximum atomic E-state index is 12.1. The van der Waals surface area contributed by atoms with Crippen LogP contribution < -0.4 is 5.73 Å². The molecule has 1 aliphatic rings. The van der Waals surface area contributed by atoms with Crippen molar-refractivity contribution in [1.82, 2.24) is 0 Å². The molecule has 1 aromatic rings. The molecule has 4 heteroatoms. The van der Waals surface area contributed by atoms with Crippen molar-refractivity contribution in [3.8, 4) is 0 Å². The molecular weight excluding hydrogens is 234 g/mol. The first-order valence-corrected chi connectivity index (χ1v) is 7.43. The van der Waals surface area contributed by atoms with Crippen LogP contribution in [0.25, 0.3) is 0 Å². The Bertz CT molecular complexity index is 372. The Morgan fingerprint density at radius 1 is 1.24 bits per heavy atom. The third kappa shape index (κ3) is 3.82. The highest BCUT2D eigenvalue weighted by atomic mass is 32.2. The van der Waals surface area contributed by atoms with E-state index in [0.717, 1.165) is 43.9 Å². The Hall–Kier alpha value is -0.870. The van der Waals surface area contributed by atoms with Crippen molar-refractivity contribution in [3.05, 3.63) is 29.8 Å². The van der Waals surface area contributed by atoms with Crippen molar-refractivity contribution in [3.63, 3.8) is 0 Å². The second-order valence-electron chi connectivity index (χ2n) is 4.39. The fraction of sp³-hybridized carbons (Fsp3) is 0.538. The van der Waals surface area contributed by atoms with Crippen LogP contribution in [0.15, 0.2) is 24.3 Å². The lowest BCUT2D eigenvalue weighted by molar-refractivity contribution is 0.0992. The van der Waals surface area contributed by atoms with Gasteiger partial charge in [-0.3, -0.25) is 4.21 Å². The van der Waals surface area contributed by atoms with Crippen LogP contribution in [0.2, 0.25) is 0 Å². The zero-order chi connectivity index (χ0) is 12.1. The fourth-order valence-electron chi connectivity index (χ4n) is 2.01. The van der Waals surface area contributed by atoms with Crippen LogP contribution in [-0.2, 0) is 22.0 Å². The molecule has 1 fully saturated rings. The van der Waals surface area contributed by atoms with Gasteiger partial charge in [0.15, 0.2) is 0 Å². The largest absolute Gasteiger partial charge is 0.399 e. The van der Waals surface area contributed by atoms with Gasteiger partial charge in [0.25, 0.3) is 0 Å². The van der Waals surface area contributed by atoms with E-state index in [-0.39, 0.29) is 0 Å². The van der Waals surface area contributed by atoms with Gasteiger partial charge in [-0.1, -0.05) is 12.1 Å². The molecule has 1 aliphatic heterocycles. The standard InChI is InChI=1S/C13H19NO2S/c14-12-3-1-11(2-4-12)7-10-17(15)13-5-8-16-9-6-13/h1-4,13H,5-10,14H2. The first-order chi connectivity index (χ1) is 8.25. The van der Waals surface area contributed by atoms with Gasteiger partial charge in [0, 0.05) is 40.7 Å². The number of nitrogen functional groups attached to an aromatic ring is 1. The summed E-state index contributed by atoms with van der Waals surface area (Å²) in [5, 5.41) is 0.331. The van der Waals surface area contributed by atoms with Crippen molar-refractivity contribution in [2.75, 3.05) is 24.7 Å². The molecule has 3 nitrogen and oxygen atoms in total. The Morgan fingerprint density at radius 3 is 2.53 bits per heavy atom. The summed E-state index contributed by atoms with van der Waals surface area (Å²) < 4.78 is 17.3. The summed E-state index contributed by atoms with van der Waals surface area (Å²) in [4.78, 5) is 0. The quantitative estimate of drug-likeness (QED) is 0.832. The van der Waals surface area contributed by atoms with Crippen molar-refractivity contribution < 1.29 is 8.95 Å². The number of ether oxygens (including phenoxy) is 1. The second-order valence-corrected chi connectivity index (χ2v) is 6.22. The molecule has 1 aromatic carbocycles. The van der Waals surface area contributed by atoms with E-state index in [4.69, 9.17) is 10.5 Å². The van der Waals surface area contributed by atoms with Gasteiger partial charge < -0.3 is 10.5 Å². The van der Waals surface area contributed by atoms with E-state index in [9.17, 15) is 4.21 Å². The molecule has 1 unspecified atom stereocenters. The van der Waals surface area contributed by atoms with Gasteiger partial charge in [-0.25, -0.2) is 0 Å². The van der Waals surface area contributed by atoms with Crippen LogP contribution in [0.5, 0.6) is 0 Å². The summed E-state index contributed by atoms with van der Waals surface area (Å²) in [5.74, 6) is 0.745. The minimum absolute atomic E-state index is 0.331. The lowest BCUT2D eigenvalue weighted by Crippen LogP contribution is -2.26. The summed E-state index contributed by atoms with van der Waals surface area (Å²) in [6.45, 7) is 1.52. The highest BCUT2D eigenvalue weighted by Gasteiger charge is 2.19. The molecule has 0 aliphatic carbocycles. The molecule has 1 heterocycles. The zero-order valence-electron chi connectivity index (χ0n) is 9.93. The number of hydrogen-bond donors (Lipinski definition) is 1. The number of rotatable bonds is 4. The van der Waals surface area contributed by atoms with Crippen molar-refractivity contribution in [1.29, 1.82) is 0 Å². The SMILES string of the molecule is Nc1ccc(CCS(=O)C2CCOCC2)cc1. The minimum Gasteiger partial charge on any atom is -0.399 e. The molecule has 0 amide bonds. The van der Waals surface area contributed by atoms with E-state index in [2.05, 4.69) is 0 Å². The molecule has 17 heavy (non-hydrogen) atoms. The van der Waals surface area contributed by atoms with E-state index >= 15 is 0 Å². The van der Waals surface area contributed by atoms with Gasteiger partial charge in [-0.05, 0) is 37.0 Å². The molecule has 0 saturated carbocycles. The zero-order valence-corrected chi connectivity index (χ0v) is 10.7. The Morgan fingerprint density at radius 2 is 1.88 bits per heavy atom. The smallest absolute Gasteiger partial charge is 0.0477 e. The van der Waals surface area contributed by atoms with Gasteiger partial charge in [0.05, 0.1) is 0 Å². The molecular formula is C13H19NO2S. The van der Waals surface area contributed by atoms with E-state index in [1.165, 1.54) is 5.56 Å². The van der Waals surface area contributed by atoms with Crippen molar-refractivity contribution in [2.24, 2.45) is 0 Å². The van der Waals surface area contributed by atoms with E-state index in [1.807, 2.05) is 24.3 Å². The Balaban J connectivity index is 1.81. The number of benzene rings is 1. The molecule has 1 atom stereocenters. The maximum Gasteiger partial charge on any atom is 0.0477 e. The monoisotopic (exact) mass is 253 g/mol. The van der Waals surface area contributed by atoms with Crippen molar-refractivity contribution >= 4 is 16.5 Å². The van der Waals surface area contributed by atoms with Crippen LogP contribution >= 0.6 is 0 Å². The van der Waals surface area contributed by atoms with Crippen molar-refractivity contribution in [2.45, 2.75) is 24.5 Å². The first-order valence-electron chi connectivity index (χ1n) is 6.05. The Labute approximate surface area is 105 Å². The predicted octanol–water partition coefficient (Wildman–Crippen LogP) is 1.74. The van der Waals surface area contributed by atoms with Gasteiger partial charge >= 0.3 is 0 Å². The second kappa shape index (κ2) is 6.17. The average molecular weight is 253 g/mol. The number of hydrogen-bond acceptors (Lipinski definition) is 3. The fourth-order valence-corrected chi connectivity index (χ4v) is 3.50. The highest BCUT2D eigenvalue weighted by Crippen LogP contribution is 2.15. The average Bonchev–Trinajstić information content (AvgIpc) is 2.39. The molecule has 94 valence electrons. The molecule has 1 saturated heterocycles. The molecule has 2 N–H and O–H groups in total. The van der Waals surface area contributed by atoms with Gasteiger partial charge in [-0.15, -0.1) is 0 Å². The Kier molecular flexibility index (Phi) is 4.57. The van der Waals surface area contributed by atoms with Crippen LogP contribution in [0, 0.1) is 0 Å². The van der Waals surface area contributed by atoms with Gasteiger partial charge in [0.1, 0.15) is 0 Å². The summed E-state index contributed by atoms with van der Waals surface area (Å²) in [6.07, 6.45) is 2.74. The van der Waals surface area contributed by atoms with Gasteiger partial charge in [0.2, 0.25) is 0 Å². The number of aryl methyl sites for hydroxylation is 1. The summed E-state index contributed by atoms with van der Waals surface area (Å²) in [5.41, 5.74) is 7.61. The number of anilines is 1. The lowest BCUT2D eigenvalue weighted by atomic mass is 10.2. The van der Waals surface area contributed by atoms with E-state index in [0.29, 0.717) is 5.25 Å². The summed E-state index contributed by atoms with van der Waals surface area (Å²) >= 11 is 0. The van der Waals surface area contributed by atoms with Crippen LogP contribution in [-0.4, -0.2) is 28.4 Å². The maximum absolute atomic E-state index is 12.1. The predicted molar refractivity (Wildman–Crippen MR) is 71.4 cm³/mol. The van der Waals surface area contributed by atoms with Crippen LogP contribution in [0.4, 0.5) is 5.69 Å². The summed E-state index contributed by atoms with van der Waals surface area (Å²) in [6, 6.07) is 7.81. The molecule has 2 rings (SSSR count). The van der Waals surface area contributed by atoms with Crippen LogP contribution in [0.3, 0.4) is 0 Å².